The molecule has 0 aromatic heterocycles. The molecule has 1 rings (SSSR count). The van der Waals surface area contributed by atoms with Gasteiger partial charge in [0.25, 0.3) is 0 Å². The van der Waals surface area contributed by atoms with Crippen molar-refractivity contribution in [2.75, 3.05) is 12.4 Å². The molecule has 1 atom stereocenters. The summed E-state index contributed by atoms with van der Waals surface area (Å²) in [5, 5.41) is 0.823. The van der Waals surface area contributed by atoms with Gasteiger partial charge in [-0.05, 0) is 48.3 Å². The number of ether oxygens (including phenoxy) is 1. The van der Waals surface area contributed by atoms with E-state index in [1.54, 1.807) is 0 Å². The summed E-state index contributed by atoms with van der Waals surface area (Å²) in [6.07, 6.45) is 0. The Hall–Kier alpha value is -0.340. The largest absolute Gasteiger partial charge is 0.493 e. The molecule has 0 radical (unpaired) electrons. The van der Waals surface area contributed by atoms with Gasteiger partial charge in [-0.25, -0.2) is 0 Å². The van der Waals surface area contributed by atoms with Gasteiger partial charge in [-0.15, -0.1) is 0 Å². The molecule has 18 heavy (non-hydrogen) atoms. The second-order valence-electron chi connectivity index (χ2n) is 5.93. The molecule has 0 N–H and O–H groups in total. The molecule has 1 nitrogen and oxygen atoms in total. The number of benzene rings is 1. The Morgan fingerprint density at radius 1 is 1.22 bits per heavy atom. The molecule has 0 aliphatic rings. The third kappa shape index (κ3) is 4.10. The van der Waals surface area contributed by atoms with Crippen molar-refractivity contribution in [1.82, 2.24) is 0 Å². The van der Waals surface area contributed by atoms with Crippen molar-refractivity contribution >= 4 is 24.2 Å². The lowest BCUT2D eigenvalue weighted by Crippen LogP contribution is -2.28. The molecule has 1 unspecified atom stereocenters. The first kappa shape index (κ1) is 15.7. The maximum absolute atomic E-state index is 6.14. The van der Waals surface area contributed by atoms with E-state index in [1.807, 2.05) is 26.0 Å². The summed E-state index contributed by atoms with van der Waals surface area (Å²) >= 11 is 10.6. The van der Waals surface area contributed by atoms with Crippen LogP contribution in [0.3, 0.4) is 0 Å². The van der Waals surface area contributed by atoms with Gasteiger partial charge in [0, 0.05) is 10.9 Å². The minimum Gasteiger partial charge on any atom is -0.493 e. The summed E-state index contributed by atoms with van der Waals surface area (Å²) in [5.41, 5.74) is 2.33. The van der Waals surface area contributed by atoms with Gasteiger partial charge >= 0.3 is 0 Å². The molecule has 1 aromatic rings. The second-order valence-corrected chi connectivity index (χ2v) is 6.67. The maximum Gasteiger partial charge on any atom is 0.119 e. The Kier molecular flexibility index (Phi) is 5.42. The van der Waals surface area contributed by atoms with E-state index in [4.69, 9.17) is 16.3 Å². The highest BCUT2D eigenvalue weighted by Crippen LogP contribution is 2.29. The number of thiol groups is 1. The Morgan fingerprint density at radius 3 is 2.11 bits per heavy atom. The Bertz CT molecular complexity index is 386. The SMILES string of the molecule is Cc1cc(OCC(CS)C(C)(C)C)cc(C)c1Cl. The van der Waals surface area contributed by atoms with E-state index in [0.29, 0.717) is 12.5 Å². The minimum absolute atomic E-state index is 0.207. The van der Waals surface area contributed by atoms with E-state index in [2.05, 4.69) is 33.4 Å². The van der Waals surface area contributed by atoms with E-state index in [1.165, 1.54) is 0 Å². The van der Waals surface area contributed by atoms with E-state index in [0.717, 1.165) is 27.7 Å². The predicted molar refractivity (Wildman–Crippen MR) is 83.2 cm³/mol. The third-order valence-electron chi connectivity index (χ3n) is 3.31. The van der Waals surface area contributed by atoms with Crippen LogP contribution in [0.4, 0.5) is 0 Å². The van der Waals surface area contributed by atoms with E-state index < -0.39 is 0 Å². The van der Waals surface area contributed by atoms with Crippen LogP contribution in [-0.2, 0) is 0 Å². The van der Waals surface area contributed by atoms with Gasteiger partial charge < -0.3 is 4.74 Å². The fourth-order valence-corrected chi connectivity index (χ4v) is 2.53. The molecule has 0 aliphatic heterocycles. The average molecular weight is 287 g/mol. The smallest absolute Gasteiger partial charge is 0.119 e. The van der Waals surface area contributed by atoms with Gasteiger partial charge in [0.2, 0.25) is 0 Å². The van der Waals surface area contributed by atoms with Crippen molar-refractivity contribution in [2.45, 2.75) is 34.6 Å². The minimum atomic E-state index is 0.207. The molecule has 0 saturated heterocycles. The highest BCUT2D eigenvalue weighted by molar-refractivity contribution is 7.80. The molecule has 1 aromatic carbocycles. The van der Waals surface area contributed by atoms with Crippen LogP contribution >= 0.6 is 24.2 Å². The highest BCUT2D eigenvalue weighted by atomic mass is 35.5. The van der Waals surface area contributed by atoms with Gasteiger partial charge in [0.15, 0.2) is 0 Å². The normalized spacial score (nSPS) is 13.5. The number of halogens is 1. The van der Waals surface area contributed by atoms with E-state index in [9.17, 15) is 0 Å². The number of aryl methyl sites for hydroxylation is 2. The molecule has 0 aliphatic carbocycles. The van der Waals surface area contributed by atoms with Gasteiger partial charge in [0.1, 0.15) is 5.75 Å². The summed E-state index contributed by atoms with van der Waals surface area (Å²) in [4.78, 5) is 0. The summed E-state index contributed by atoms with van der Waals surface area (Å²) < 4.78 is 5.89. The number of hydrogen-bond acceptors (Lipinski definition) is 2. The van der Waals surface area contributed by atoms with Crippen LogP contribution < -0.4 is 4.74 Å². The standard InChI is InChI=1S/C15H23ClOS/c1-10-6-13(7-11(2)14(10)16)17-8-12(9-18)15(3,4)5/h6-7,12,18H,8-9H2,1-5H3. The van der Waals surface area contributed by atoms with Crippen LogP contribution in [0.5, 0.6) is 5.75 Å². The zero-order valence-electron chi connectivity index (χ0n) is 11.9. The molecule has 0 fully saturated rings. The lowest BCUT2D eigenvalue weighted by molar-refractivity contribution is 0.165. The van der Waals surface area contributed by atoms with Crippen molar-refractivity contribution in [1.29, 1.82) is 0 Å². The van der Waals surface area contributed by atoms with Crippen LogP contribution in [0.2, 0.25) is 5.02 Å². The molecule has 0 amide bonds. The van der Waals surface area contributed by atoms with Crippen LogP contribution in [0.1, 0.15) is 31.9 Å². The zero-order chi connectivity index (χ0) is 13.9. The van der Waals surface area contributed by atoms with Gasteiger partial charge in [0.05, 0.1) is 6.61 Å². The summed E-state index contributed by atoms with van der Waals surface area (Å²) in [6, 6.07) is 3.99. The summed E-state index contributed by atoms with van der Waals surface area (Å²) in [7, 11) is 0. The van der Waals surface area contributed by atoms with Crippen molar-refractivity contribution < 1.29 is 4.74 Å². The first-order valence-electron chi connectivity index (χ1n) is 6.26. The Labute approximate surface area is 121 Å². The topological polar surface area (TPSA) is 9.23 Å². The molecular formula is C15H23ClOS. The van der Waals surface area contributed by atoms with Crippen LogP contribution in [0.25, 0.3) is 0 Å². The van der Waals surface area contributed by atoms with E-state index in [-0.39, 0.29) is 5.41 Å². The number of hydrogen-bond donors (Lipinski definition) is 1. The molecule has 0 bridgehead atoms. The predicted octanol–water partition coefficient (Wildman–Crippen LogP) is 4.93. The first-order chi connectivity index (χ1) is 8.25. The van der Waals surface area contributed by atoms with Crippen molar-refractivity contribution in [3.05, 3.63) is 28.3 Å². The van der Waals surface area contributed by atoms with Gasteiger partial charge in [-0.1, -0.05) is 32.4 Å². The van der Waals surface area contributed by atoms with Crippen molar-refractivity contribution in [2.24, 2.45) is 11.3 Å². The quantitative estimate of drug-likeness (QED) is 0.772. The molecule has 0 spiro atoms. The van der Waals surface area contributed by atoms with Crippen molar-refractivity contribution in [3.63, 3.8) is 0 Å². The van der Waals surface area contributed by atoms with Gasteiger partial charge in [-0.3, -0.25) is 0 Å². The van der Waals surface area contributed by atoms with Crippen LogP contribution in [0, 0.1) is 25.2 Å². The average Bonchev–Trinajstić information content (AvgIpc) is 2.24. The molecular weight excluding hydrogens is 264 g/mol. The highest BCUT2D eigenvalue weighted by Gasteiger charge is 2.24. The maximum atomic E-state index is 6.14. The second kappa shape index (κ2) is 6.21. The zero-order valence-corrected chi connectivity index (χ0v) is 13.5. The first-order valence-corrected chi connectivity index (χ1v) is 7.27. The third-order valence-corrected chi connectivity index (χ3v) is 4.34. The fraction of sp³-hybridized carbons (Fsp3) is 0.600. The number of rotatable bonds is 4. The summed E-state index contributed by atoms with van der Waals surface area (Å²) in [5.74, 6) is 2.15. The van der Waals surface area contributed by atoms with Gasteiger partial charge in [-0.2, -0.15) is 12.6 Å². The fourth-order valence-electron chi connectivity index (χ4n) is 1.76. The molecule has 3 heteroatoms. The summed E-state index contributed by atoms with van der Waals surface area (Å²) in [6.45, 7) is 11.3. The van der Waals surface area contributed by atoms with E-state index >= 15 is 0 Å². The molecule has 102 valence electrons. The Morgan fingerprint density at radius 2 is 1.72 bits per heavy atom. The monoisotopic (exact) mass is 286 g/mol. The molecule has 0 heterocycles. The molecule has 0 saturated carbocycles. The Balaban J connectivity index is 2.75. The van der Waals surface area contributed by atoms with Crippen molar-refractivity contribution in [3.8, 4) is 5.75 Å². The lowest BCUT2D eigenvalue weighted by Gasteiger charge is -2.29. The van der Waals surface area contributed by atoms with Crippen LogP contribution in [0.15, 0.2) is 12.1 Å². The van der Waals surface area contributed by atoms with Crippen LogP contribution in [-0.4, -0.2) is 12.4 Å². The lowest BCUT2D eigenvalue weighted by atomic mass is 9.82.